The minimum absolute atomic E-state index is 0.345. The van der Waals surface area contributed by atoms with Gasteiger partial charge in [-0.1, -0.05) is 12.1 Å². The molecule has 0 atom stereocenters. The van der Waals surface area contributed by atoms with Crippen molar-refractivity contribution in [2.24, 2.45) is 4.99 Å². The highest BCUT2D eigenvalue weighted by Crippen LogP contribution is 2.27. The van der Waals surface area contributed by atoms with Gasteiger partial charge < -0.3 is 29.9 Å². The molecule has 2 rings (SSSR count). The number of nitrogens with one attached hydrogen (secondary N) is 1. The van der Waals surface area contributed by atoms with Crippen LogP contribution in [0.2, 0.25) is 0 Å². The van der Waals surface area contributed by atoms with Gasteiger partial charge in [-0.3, -0.25) is 4.99 Å². The second-order valence-electron chi connectivity index (χ2n) is 6.23. The maximum Gasteiger partial charge on any atom is 0.193 e. The number of rotatable bonds is 7. The van der Waals surface area contributed by atoms with Gasteiger partial charge in [0.15, 0.2) is 5.96 Å². The molecule has 0 aliphatic carbocycles. The van der Waals surface area contributed by atoms with Crippen LogP contribution in [0.5, 0.6) is 5.75 Å². The van der Waals surface area contributed by atoms with Crippen molar-refractivity contribution in [1.29, 1.82) is 0 Å². The molecule has 0 unspecified atom stereocenters. The Bertz CT molecular complexity index is 544. The summed E-state index contributed by atoms with van der Waals surface area (Å²) in [4.78, 5) is 11.1. The topological polar surface area (TPSA) is 63.6 Å². The van der Waals surface area contributed by atoms with Gasteiger partial charge in [-0.15, -0.1) is 0 Å². The molecular weight excluding hydrogens is 318 g/mol. The van der Waals surface area contributed by atoms with Crippen molar-refractivity contribution >= 4 is 11.6 Å². The van der Waals surface area contributed by atoms with E-state index in [1.165, 1.54) is 0 Å². The molecule has 7 nitrogen and oxygen atoms in total. The summed E-state index contributed by atoms with van der Waals surface area (Å²) in [6, 6.07) is 7.52. The molecule has 0 bridgehead atoms. The molecule has 1 aromatic carbocycles. The molecule has 2 N–H and O–H groups in total. The van der Waals surface area contributed by atoms with E-state index in [2.05, 4.69) is 32.1 Å². The fourth-order valence-corrected chi connectivity index (χ4v) is 2.94. The van der Waals surface area contributed by atoms with Gasteiger partial charge in [0.25, 0.3) is 0 Å². The number of aromatic hydroxyl groups is 1. The Balaban J connectivity index is 1.77. The molecule has 25 heavy (non-hydrogen) atoms. The zero-order valence-corrected chi connectivity index (χ0v) is 15.6. The number of nitrogens with zero attached hydrogens (tertiary/aromatic N) is 4. The first-order valence-corrected chi connectivity index (χ1v) is 8.81. The van der Waals surface area contributed by atoms with Gasteiger partial charge in [0.05, 0.1) is 12.3 Å². The molecule has 0 spiro atoms. The lowest BCUT2D eigenvalue weighted by Crippen LogP contribution is -2.53. The van der Waals surface area contributed by atoms with Crippen molar-refractivity contribution in [3.05, 3.63) is 24.3 Å². The molecule has 0 aromatic heterocycles. The third-order valence-corrected chi connectivity index (χ3v) is 4.47. The van der Waals surface area contributed by atoms with E-state index in [-0.39, 0.29) is 0 Å². The highest BCUT2D eigenvalue weighted by molar-refractivity contribution is 5.80. The maximum absolute atomic E-state index is 10.0. The van der Waals surface area contributed by atoms with Gasteiger partial charge >= 0.3 is 0 Å². The molecule has 0 radical (unpaired) electrons. The predicted octanol–water partition coefficient (Wildman–Crippen LogP) is 0.668. The molecule has 7 heteroatoms. The number of piperazine rings is 1. The SMILES string of the molecule is CN=C(NCCN(C)CCOC)N1CCN(c2ccccc2O)CC1. The van der Waals surface area contributed by atoms with Crippen molar-refractivity contribution < 1.29 is 9.84 Å². The second kappa shape index (κ2) is 10.1. The highest BCUT2D eigenvalue weighted by atomic mass is 16.5. The monoisotopic (exact) mass is 349 g/mol. The van der Waals surface area contributed by atoms with Crippen molar-refractivity contribution in [2.75, 3.05) is 78.5 Å². The van der Waals surface area contributed by atoms with Gasteiger partial charge in [-0.05, 0) is 19.2 Å². The Kier molecular flexibility index (Phi) is 7.81. The standard InChI is InChI=1S/C18H31N5O2/c1-19-18(20-8-9-21(2)14-15-25-3)23-12-10-22(11-13-23)16-6-4-5-7-17(16)24/h4-7,24H,8-15H2,1-3H3,(H,19,20). The van der Waals surface area contributed by atoms with Crippen LogP contribution in [0.4, 0.5) is 5.69 Å². The lowest BCUT2D eigenvalue weighted by Gasteiger charge is -2.38. The third kappa shape index (κ3) is 5.79. The fourth-order valence-electron chi connectivity index (χ4n) is 2.94. The van der Waals surface area contributed by atoms with Crippen LogP contribution >= 0.6 is 0 Å². The second-order valence-corrected chi connectivity index (χ2v) is 6.23. The van der Waals surface area contributed by atoms with E-state index in [9.17, 15) is 5.11 Å². The minimum Gasteiger partial charge on any atom is -0.506 e. The number of ether oxygens (including phenoxy) is 1. The number of phenols is 1. The average Bonchev–Trinajstić information content (AvgIpc) is 2.64. The Morgan fingerprint density at radius 2 is 1.96 bits per heavy atom. The first-order valence-electron chi connectivity index (χ1n) is 8.81. The zero-order chi connectivity index (χ0) is 18.1. The van der Waals surface area contributed by atoms with E-state index < -0.39 is 0 Å². The Labute approximate surface area is 150 Å². The van der Waals surface area contributed by atoms with Gasteiger partial charge in [-0.2, -0.15) is 0 Å². The Morgan fingerprint density at radius 3 is 2.60 bits per heavy atom. The van der Waals surface area contributed by atoms with Crippen LogP contribution < -0.4 is 10.2 Å². The molecule has 1 heterocycles. The van der Waals surface area contributed by atoms with Gasteiger partial charge in [0.2, 0.25) is 0 Å². The predicted molar refractivity (Wildman–Crippen MR) is 103 cm³/mol. The summed E-state index contributed by atoms with van der Waals surface area (Å²) < 4.78 is 5.09. The summed E-state index contributed by atoms with van der Waals surface area (Å²) in [5, 5.41) is 13.4. The maximum atomic E-state index is 10.0. The summed E-state index contributed by atoms with van der Waals surface area (Å²) in [6.45, 7) is 6.97. The normalized spacial score (nSPS) is 15.8. The summed E-state index contributed by atoms with van der Waals surface area (Å²) in [7, 11) is 5.64. The van der Waals surface area contributed by atoms with Gasteiger partial charge in [0.1, 0.15) is 5.75 Å². The van der Waals surface area contributed by atoms with Crippen LogP contribution in [0.1, 0.15) is 0 Å². The van der Waals surface area contributed by atoms with Crippen LogP contribution in [0.25, 0.3) is 0 Å². The van der Waals surface area contributed by atoms with Crippen molar-refractivity contribution in [3.63, 3.8) is 0 Å². The van der Waals surface area contributed by atoms with E-state index in [1.807, 2.05) is 25.2 Å². The van der Waals surface area contributed by atoms with E-state index in [1.54, 1.807) is 13.2 Å². The molecule has 1 aromatic rings. The van der Waals surface area contributed by atoms with E-state index in [0.717, 1.165) is 64.1 Å². The molecule has 140 valence electrons. The van der Waals surface area contributed by atoms with E-state index >= 15 is 0 Å². The number of anilines is 1. The molecule has 1 fully saturated rings. The largest absolute Gasteiger partial charge is 0.506 e. The first-order chi connectivity index (χ1) is 12.2. The summed E-state index contributed by atoms with van der Waals surface area (Å²) >= 11 is 0. The first kappa shape index (κ1) is 19.3. The number of hydrogen-bond acceptors (Lipinski definition) is 5. The third-order valence-electron chi connectivity index (χ3n) is 4.47. The number of hydrogen-bond donors (Lipinski definition) is 2. The average molecular weight is 349 g/mol. The number of benzene rings is 1. The van der Waals surface area contributed by atoms with Crippen LogP contribution in [0.15, 0.2) is 29.3 Å². The quantitative estimate of drug-likeness (QED) is 0.557. The van der Waals surface area contributed by atoms with E-state index in [0.29, 0.717) is 5.75 Å². The smallest absolute Gasteiger partial charge is 0.193 e. The summed E-state index contributed by atoms with van der Waals surface area (Å²) in [5.41, 5.74) is 0.907. The zero-order valence-electron chi connectivity index (χ0n) is 15.6. The number of likely N-dealkylation sites (N-methyl/N-ethyl adjacent to an activating group) is 1. The Morgan fingerprint density at radius 1 is 1.24 bits per heavy atom. The number of methoxy groups -OCH3 is 1. The number of phenolic OH excluding ortho intramolecular Hbond substituents is 1. The summed E-state index contributed by atoms with van der Waals surface area (Å²) in [5.74, 6) is 1.29. The number of aliphatic imine (C=N–C) groups is 1. The van der Waals surface area contributed by atoms with Crippen molar-refractivity contribution in [2.45, 2.75) is 0 Å². The molecule has 1 saturated heterocycles. The number of para-hydroxylation sites is 2. The lowest BCUT2D eigenvalue weighted by molar-refractivity contribution is 0.162. The van der Waals surface area contributed by atoms with E-state index in [4.69, 9.17) is 4.74 Å². The lowest BCUT2D eigenvalue weighted by atomic mass is 10.2. The molecular formula is C18H31N5O2. The molecule has 0 amide bonds. The van der Waals surface area contributed by atoms with Crippen LogP contribution in [0, 0.1) is 0 Å². The van der Waals surface area contributed by atoms with Crippen LogP contribution in [-0.4, -0.2) is 94.5 Å². The van der Waals surface area contributed by atoms with Gasteiger partial charge in [-0.25, -0.2) is 0 Å². The minimum atomic E-state index is 0.345. The number of guanidine groups is 1. The van der Waals surface area contributed by atoms with Crippen molar-refractivity contribution in [3.8, 4) is 5.75 Å². The Hall–Kier alpha value is -1.99. The molecule has 1 aliphatic heterocycles. The summed E-state index contributed by atoms with van der Waals surface area (Å²) in [6.07, 6.45) is 0. The molecule has 1 aliphatic rings. The van der Waals surface area contributed by atoms with Crippen LogP contribution in [-0.2, 0) is 4.74 Å². The van der Waals surface area contributed by atoms with Crippen LogP contribution in [0.3, 0.4) is 0 Å². The highest BCUT2D eigenvalue weighted by Gasteiger charge is 2.21. The van der Waals surface area contributed by atoms with Crippen molar-refractivity contribution in [1.82, 2.24) is 15.1 Å². The fraction of sp³-hybridized carbons (Fsp3) is 0.611. The van der Waals surface area contributed by atoms with Gasteiger partial charge in [0, 0.05) is 60.0 Å². The molecule has 0 saturated carbocycles.